The quantitative estimate of drug-likeness (QED) is 0.769. The molecule has 7 heteroatoms. The fraction of sp³-hybridized carbons (Fsp3) is 0.714. The van der Waals surface area contributed by atoms with Crippen LogP contribution in [0.5, 0.6) is 0 Å². The van der Waals surface area contributed by atoms with Crippen molar-refractivity contribution in [2.45, 2.75) is 44.2 Å². The molecule has 1 aliphatic rings. The minimum atomic E-state index is -0.736. The van der Waals surface area contributed by atoms with Gasteiger partial charge in [-0.2, -0.15) is 5.10 Å². The van der Waals surface area contributed by atoms with Crippen LogP contribution >= 0.6 is 12.4 Å². The Hall–Kier alpha value is -1.11. The van der Waals surface area contributed by atoms with Crippen LogP contribution in [-0.2, 0) is 11.8 Å². The minimum absolute atomic E-state index is 0. The van der Waals surface area contributed by atoms with Crippen molar-refractivity contribution in [2.75, 3.05) is 6.54 Å². The Morgan fingerprint density at radius 2 is 2.38 bits per heavy atom. The highest BCUT2D eigenvalue weighted by Crippen LogP contribution is 2.31. The van der Waals surface area contributed by atoms with Crippen LogP contribution in [0.4, 0.5) is 0 Å². The number of aliphatic hydroxyl groups is 1. The number of amides is 1. The molecule has 21 heavy (non-hydrogen) atoms. The second kappa shape index (κ2) is 7.24. The highest BCUT2D eigenvalue weighted by atomic mass is 35.5. The van der Waals surface area contributed by atoms with E-state index in [0.29, 0.717) is 5.56 Å². The van der Waals surface area contributed by atoms with Crippen molar-refractivity contribution in [2.24, 2.45) is 18.7 Å². The topological polar surface area (TPSA) is 93.2 Å². The lowest BCUT2D eigenvalue weighted by molar-refractivity contribution is -0.128. The van der Waals surface area contributed by atoms with Gasteiger partial charge in [0.1, 0.15) is 0 Å². The Morgan fingerprint density at radius 3 is 2.95 bits per heavy atom. The number of hydrogen-bond acceptors (Lipinski definition) is 4. The monoisotopic (exact) mass is 316 g/mol. The fourth-order valence-electron chi connectivity index (χ4n) is 2.84. The number of halogens is 1. The fourth-order valence-corrected chi connectivity index (χ4v) is 2.84. The molecular weight excluding hydrogens is 292 g/mol. The van der Waals surface area contributed by atoms with Gasteiger partial charge < -0.3 is 16.2 Å². The summed E-state index contributed by atoms with van der Waals surface area (Å²) in [6.07, 6.45) is 6.42. The van der Waals surface area contributed by atoms with E-state index >= 15 is 0 Å². The molecule has 2 rings (SSSR count). The molecule has 0 radical (unpaired) electrons. The number of nitrogens with one attached hydrogen (secondary N) is 1. The van der Waals surface area contributed by atoms with Gasteiger partial charge in [0.15, 0.2) is 0 Å². The van der Waals surface area contributed by atoms with Crippen LogP contribution in [0, 0.1) is 5.92 Å². The van der Waals surface area contributed by atoms with Gasteiger partial charge in [0.25, 0.3) is 0 Å². The number of carbonyl (C=O) groups excluding carboxylic acids is 1. The zero-order chi connectivity index (χ0) is 14.8. The molecule has 1 aliphatic carbocycles. The largest absolute Gasteiger partial charge is 0.386 e. The zero-order valence-electron chi connectivity index (χ0n) is 12.6. The average molecular weight is 317 g/mol. The Bertz CT molecular complexity index is 475. The molecule has 3 unspecified atom stereocenters. The third kappa shape index (κ3) is 4.43. The molecule has 1 fully saturated rings. The van der Waals surface area contributed by atoms with E-state index in [1.165, 1.54) is 0 Å². The predicted octanol–water partition coefficient (Wildman–Crippen LogP) is 0.899. The van der Waals surface area contributed by atoms with Crippen LogP contribution in [0.15, 0.2) is 12.4 Å². The Balaban J connectivity index is 0.00000220. The van der Waals surface area contributed by atoms with Gasteiger partial charge in [-0.3, -0.25) is 9.48 Å². The highest BCUT2D eigenvalue weighted by Gasteiger charge is 2.37. The van der Waals surface area contributed by atoms with Crippen LogP contribution in [0.2, 0.25) is 0 Å². The van der Waals surface area contributed by atoms with Crippen LogP contribution in [0.25, 0.3) is 0 Å². The molecule has 0 spiro atoms. The molecular formula is C14H25ClN4O2. The van der Waals surface area contributed by atoms with E-state index in [2.05, 4.69) is 10.4 Å². The van der Waals surface area contributed by atoms with Gasteiger partial charge in [0.2, 0.25) is 5.91 Å². The van der Waals surface area contributed by atoms with E-state index < -0.39 is 11.6 Å². The summed E-state index contributed by atoms with van der Waals surface area (Å²) in [6.45, 7) is 2.13. The molecule has 1 aromatic rings. The molecule has 0 bridgehead atoms. The van der Waals surface area contributed by atoms with E-state index in [-0.39, 0.29) is 30.8 Å². The zero-order valence-corrected chi connectivity index (χ0v) is 13.4. The first-order chi connectivity index (χ1) is 9.40. The van der Waals surface area contributed by atoms with E-state index in [1.807, 2.05) is 6.92 Å². The Morgan fingerprint density at radius 1 is 1.67 bits per heavy atom. The van der Waals surface area contributed by atoms with Crippen molar-refractivity contribution < 1.29 is 9.90 Å². The van der Waals surface area contributed by atoms with Gasteiger partial charge in [0.05, 0.1) is 18.2 Å². The second-order valence-electron chi connectivity index (χ2n) is 6.01. The Labute approximate surface area is 131 Å². The number of aromatic nitrogens is 2. The van der Waals surface area contributed by atoms with Crippen LogP contribution in [0.1, 0.15) is 44.3 Å². The van der Waals surface area contributed by atoms with Gasteiger partial charge >= 0.3 is 0 Å². The predicted molar refractivity (Wildman–Crippen MR) is 83.0 cm³/mol. The van der Waals surface area contributed by atoms with Crippen molar-refractivity contribution >= 4 is 18.3 Å². The molecule has 0 saturated heterocycles. The second-order valence-corrected chi connectivity index (χ2v) is 6.01. The molecule has 1 aromatic heterocycles. The van der Waals surface area contributed by atoms with Crippen molar-refractivity contribution in [3.05, 3.63) is 18.0 Å². The number of aryl methyl sites for hydroxylation is 1. The summed E-state index contributed by atoms with van der Waals surface area (Å²) in [5.74, 6) is -0.227. The number of hydrogen-bond donors (Lipinski definition) is 3. The van der Waals surface area contributed by atoms with Crippen LogP contribution < -0.4 is 11.1 Å². The lowest BCUT2D eigenvalue weighted by atomic mass is 9.74. The number of nitrogens with zero attached hydrogens (tertiary/aromatic N) is 2. The molecule has 0 aliphatic heterocycles. The summed E-state index contributed by atoms with van der Waals surface area (Å²) in [6, 6.07) is 0. The van der Waals surface area contributed by atoms with Crippen molar-refractivity contribution in [3.63, 3.8) is 0 Å². The van der Waals surface area contributed by atoms with Gasteiger partial charge in [-0.1, -0.05) is 12.8 Å². The Kier molecular flexibility index (Phi) is 6.19. The third-order valence-electron chi connectivity index (χ3n) is 4.15. The summed E-state index contributed by atoms with van der Waals surface area (Å²) < 4.78 is 1.62. The smallest absolute Gasteiger partial charge is 0.225 e. The number of carbonyl (C=O) groups is 1. The summed E-state index contributed by atoms with van der Waals surface area (Å²) in [5, 5.41) is 16.8. The van der Waals surface area contributed by atoms with Crippen LogP contribution in [0.3, 0.4) is 0 Å². The van der Waals surface area contributed by atoms with Gasteiger partial charge in [0, 0.05) is 30.9 Å². The van der Waals surface area contributed by atoms with Crippen molar-refractivity contribution in [3.8, 4) is 0 Å². The molecule has 120 valence electrons. The first kappa shape index (κ1) is 17.9. The molecule has 1 heterocycles. The summed E-state index contributed by atoms with van der Waals surface area (Å²) in [7, 11) is 1.79. The molecule has 1 amide bonds. The van der Waals surface area contributed by atoms with Gasteiger partial charge in [-0.25, -0.2) is 0 Å². The summed E-state index contributed by atoms with van der Waals surface area (Å²) >= 11 is 0. The maximum absolute atomic E-state index is 12.2. The number of nitrogens with two attached hydrogens (primary N) is 1. The summed E-state index contributed by atoms with van der Waals surface area (Å²) in [5.41, 5.74) is 6.47. The van der Waals surface area contributed by atoms with Gasteiger partial charge in [-0.05, 0) is 19.8 Å². The number of rotatable bonds is 4. The molecule has 3 atom stereocenters. The first-order valence-corrected chi connectivity index (χ1v) is 7.13. The van der Waals surface area contributed by atoms with E-state index in [0.717, 1.165) is 25.7 Å². The van der Waals surface area contributed by atoms with E-state index in [4.69, 9.17) is 5.73 Å². The lowest BCUT2D eigenvalue weighted by Gasteiger charge is -2.37. The molecule has 1 saturated carbocycles. The lowest BCUT2D eigenvalue weighted by Crippen LogP contribution is -2.53. The molecule has 0 aromatic carbocycles. The first-order valence-electron chi connectivity index (χ1n) is 7.13. The summed E-state index contributed by atoms with van der Waals surface area (Å²) in [4.78, 5) is 12.2. The van der Waals surface area contributed by atoms with Crippen LogP contribution in [-0.4, -0.2) is 32.9 Å². The third-order valence-corrected chi connectivity index (χ3v) is 4.15. The maximum atomic E-state index is 12.2. The van der Waals surface area contributed by atoms with Crippen molar-refractivity contribution in [1.82, 2.24) is 15.1 Å². The van der Waals surface area contributed by atoms with E-state index in [9.17, 15) is 9.90 Å². The molecule has 4 N–H and O–H groups in total. The normalized spacial score (nSPS) is 26.8. The molecule has 6 nitrogen and oxygen atoms in total. The standard InChI is InChI=1S/C14H24N4O2.ClH/c1-14(15)6-4-3-5-11(14)13(20)16-8-12(19)10-7-17-18(2)9-10;/h7,9,11-12,19H,3-6,8,15H2,1-2H3,(H,16,20);1H. The highest BCUT2D eigenvalue weighted by molar-refractivity contribution is 5.85. The van der Waals surface area contributed by atoms with E-state index in [1.54, 1.807) is 24.1 Å². The minimum Gasteiger partial charge on any atom is -0.386 e. The number of aliphatic hydroxyl groups excluding tert-OH is 1. The maximum Gasteiger partial charge on any atom is 0.225 e. The average Bonchev–Trinajstić information content (AvgIpc) is 2.82. The van der Waals surface area contributed by atoms with Crippen molar-refractivity contribution in [1.29, 1.82) is 0 Å². The SMILES string of the molecule is Cl.Cn1cc(C(O)CNC(=O)C2CCCCC2(C)N)cn1. The van der Waals surface area contributed by atoms with Gasteiger partial charge in [-0.15, -0.1) is 12.4 Å².